The normalized spacial score (nSPS) is 17.5. The van der Waals surface area contributed by atoms with Crippen molar-refractivity contribution in [1.29, 1.82) is 0 Å². The Morgan fingerprint density at radius 2 is 2.18 bits per heavy atom. The molecular formula is C15H21NO. The average molecular weight is 231 g/mol. The van der Waals surface area contributed by atoms with Gasteiger partial charge in [-0.1, -0.05) is 31.5 Å². The monoisotopic (exact) mass is 231 g/mol. The maximum atomic E-state index is 12.2. The Morgan fingerprint density at radius 1 is 1.41 bits per heavy atom. The fraction of sp³-hybridized carbons (Fsp3) is 0.533. The highest BCUT2D eigenvalue weighted by atomic mass is 16.1. The van der Waals surface area contributed by atoms with Crippen LogP contribution >= 0.6 is 0 Å². The Balaban J connectivity index is 2.08. The molecule has 2 N–H and O–H groups in total. The van der Waals surface area contributed by atoms with Crippen molar-refractivity contribution in [2.24, 2.45) is 11.1 Å². The van der Waals surface area contributed by atoms with Crippen LogP contribution in [0, 0.1) is 5.41 Å². The highest BCUT2D eigenvalue weighted by Crippen LogP contribution is 2.43. The summed E-state index contributed by atoms with van der Waals surface area (Å²) >= 11 is 0. The smallest absolute Gasteiger partial charge is 0.163 e. The summed E-state index contributed by atoms with van der Waals surface area (Å²) in [7, 11) is 0. The Bertz CT molecular complexity index is 402. The Labute approximate surface area is 103 Å². The number of aryl methyl sites for hydroxylation is 1. The summed E-state index contributed by atoms with van der Waals surface area (Å²) in [5, 5.41) is 0. The number of hydrogen-bond acceptors (Lipinski definition) is 2. The molecule has 1 aromatic rings. The number of carbonyl (C=O) groups excluding carboxylic acids is 1. The molecule has 2 rings (SSSR count). The lowest BCUT2D eigenvalue weighted by molar-refractivity contribution is 0.0786. The molecule has 1 saturated carbocycles. The lowest BCUT2D eigenvalue weighted by Crippen LogP contribution is -2.39. The van der Waals surface area contributed by atoms with Gasteiger partial charge in [0.05, 0.1) is 0 Å². The van der Waals surface area contributed by atoms with Crippen molar-refractivity contribution in [2.75, 3.05) is 6.54 Å². The lowest BCUT2D eigenvalue weighted by Gasteiger charge is -2.40. The van der Waals surface area contributed by atoms with Crippen LogP contribution in [-0.4, -0.2) is 12.3 Å². The van der Waals surface area contributed by atoms with Gasteiger partial charge in [-0.3, -0.25) is 4.79 Å². The van der Waals surface area contributed by atoms with Crippen LogP contribution in [0.2, 0.25) is 0 Å². The van der Waals surface area contributed by atoms with E-state index >= 15 is 0 Å². The number of Topliss-reactive ketones (excluding diaryl/α,β-unsaturated/α-hetero) is 1. The molecule has 0 radical (unpaired) electrons. The van der Waals surface area contributed by atoms with Crippen LogP contribution < -0.4 is 5.73 Å². The second-order valence-corrected chi connectivity index (χ2v) is 5.21. The van der Waals surface area contributed by atoms with E-state index < -0.39 is 0 Å². The van der Waals surface area contributed by atoms with Gasteiger partial charge in [0.2, 0.25) is 0 Å². The molecular weight excluding hydrogens is 210 g/mol. The third-order valence-corrected chi connectivity index (χ3v) is 4.04. The van der Waals surface area contributed by atoms with Crippen LogP contribution in [0.15, 0.2) is 24.3 Å². The molecule has 0 aliphatic heterocycles. The van der Waals surface area contributed by atoms with E-state index in [1.54, 1.807) is 0 Å². The molecule has 1 fully saturated rings. The topological polar surface area (TPSA) is 43.1 Å². The third kappa shape index (κ3) is 2.58. The van der Waals surface area contributed by atoms with Crippen LogP contribution in [-0.2, 0) is 6.42 Å². The van der Waals surface area contributed by atoms with E-state index in [9.17, 15) is 4.79 Å². The van der Waals surface area contributed by atoms with Crippen LogP contribution in [0.1, 0.15) is 48.5 Å². The van der Waals surface area contributed by atoms with Gasteiger partial charge in [0.25, 0.3) is 0 Å². The molecule has 0 bridgehead atoms. The SMILES string of the molecule is CCc1cccc(C(=O)CC2(CN)CCC2)c1. The van der Waals surface area contributed by atoms with E-state index in [2.05, 4.69) is 13.0 Å². The van der Waals surface area contributed by atoms with E-state index in [1.165, 1.54) is 12.0 Å². The molecule has 0 aromatic heterocycles. The summed E-state index contributed by atoms with van der Waals surface area (Å²) in [5.41, 5.74) is 7.99. The number of carbonyl (C=O) groups is 1. The summed E-state index contributed by atoms with van der Waals surface area (Å²) < 4.78 is 0. The Morgan fingerprint density at radius 3 is 2.71 bits per heavy atom. The van der Waals surface area contributed by atoms with Gasteiger partial charge in [-0.05, 0) is 42.9 Å². The predicted molar refractivity (Wildman–Crippen MR) is 70.1 cm³/mol. The molecule has 0 unspecified atom stereocenters. The van der Waals surface area contributed by atoms with E-state index in [0.717, 1.165) is 24.8 Å². The van der Waals surface area contributed by atoms with Gasteiger partial charge in [-0.2, -0.15) is 0 Å². The molecule has 0 heterocycles. The third-order valence-electron chi connectivity index (χ3n) is 4.04. The van der Waals surface area contributed by atoms with Crippen LogP contribution in [0.25, 0.3) is 0 Å². The predicted octanol–water partition coefficient (Wildman–Crippen LogP) is 2.95. The molecule has 2 nitrogen and oxygen atoms in total. The summed E-state index contributed by atoms with van der Waals surface area (Å²) in [5.74, 6) is 0.255. The summed E-state index contributed by atoms with van der Waals surface area (Å²) in [6.07, 6.45) is 5.05. The number of ketones is 1. The van der Waals surface area contributed by atoms with Crippen molar-refractivity contribution in [3.05, 3.63) is 35.4 Å². The summed E-state index contributed by atoms with van der Waals surface area (Å²) in [6.45, 7) is 2.75. The highest BCUT2D eigenvalue weighted by Gasteiger charge is 2.37. The van der Waals surface area contributed by atoms with Gasteiger partial charge in [-0.15, -0.1) is 0 Å². The first-order valence-electron chi connectivity index (χ1n) is 6.51. The minimum atomic E-state index is 0.110. The van der Waals surface area contributed by atoms with Crippen molar-refractivity contribution in [3.63, 3.8) is 0 Å². The zero-order valence-electron chi connectivity index (χ0n) is 10.5. The van der Waals surface area contributed by atoms with Gasteiger partial charge >= 0.3 is 0 Å². The zero-order valence-corrected chi connectivity index (χ0v) is 10.5. The average Bonchev–Trinajstić information content (AvgIpc) is 2.33. The van der Waals surface area contributed by atoms with Crippen LogP contribution in [0.3, 0.4) is 0 Å². The van der Waals surface area contributed by atoms with Crippen molar-refractivity contribution in [2.45, 2.75) is 39.0 Å². The molecule has 0 saturated heterocycles. The second-order valence-electron chi connectivity index (χ2n) is 5.21. The molecule has 1 aromatic carbocycles. The molecule has 92 valence electrons. The standard InChI is InChI=1S/C15H21NO/c1-2-12-5-3-6-13(9-12)14(17)10-15(11-16)7-4-8-15/h3,5-6,9H,2,4,7-8,10-11,16H2,1H3. The number of benzene rings is 1. The summed E-state index contributed by atoms with van der Waals surface area (Å²) in [4.78, 5) is 12.2. The van der Waals surface area contributed by atoms with Crippen molar-refractivity contribution in [1.82, 2.24) is 0 Å². The number of rotatable bonds is 5. The van der Waals surface area contributed by atoms with E-state index in [0.29, 0.717) is 13.0 Å². The van der Waals surface area contributed by atoms with Gasteiger partial charge in [0.1, 0.15) is 0 Å². The van der Waals surface area contributed by atoms with Crippen molar-refractivity contribution < 1.29 is 4.79 Å². The lowest BCUT2D eigenvalue weighted by atomic mass is 9.65. The first-order valence-corrected chi connectivity index (χ1v) is 6.51. The maximum Gasteiger partial charge on any atom is 0.163 e. The first kappa shape index (κ1) is 12.3. The maximum absolute atomic E-state index is 12.2. The minimum absolute atomic E-state index is 0.110. The number of hydrogen-bond donors (Lipinski definition) is 1. The molecule has 0 spiro atoms. The molecule has 1 aliphatic carbocycles. The minimum Gasteiger partial charge on any atom is -0.330 e. The highest BCUT2D eigenvalue weighted by molar-refractivity contribution is 5.96. The Kier molecular flexibility index (Phi) is 3.63. The first-order chi connectivity index (χ1) is 8.19. The molecule has 1 aliphatic rings. The van der Waals surface area contributed by atoms with E-state index in [4.69, 9.17) is 5.73 Å². The largest absolute Gasteiger partial charge is 0.330 e. The zero-order chi connectivity index (χ0) is 12.3. The molecule has 0 amide bonds. The van der Waals surface area contributed by atoms with E-state index in [-0.39, 0.29) is 11.2 Å². The molecule has 2 heteroatoms. The molecule has 0 atom stereocenters. The second kappa shape index (κ2) is 5.01. The van der Waals surface area contributed by atoms with Gasteiger partial charge in [0.15, 0.2) is 5.78 Å². The fourth-order valence-electron chi connectivity index (χ4n) is 2.54. The van der Waals surface area contributed by atoms with Crippen LogP contribution in [0.5, 0.6) is 0 Å². The number of nitrogens with two attached hydrogens (primary N) is 1. The Hall–Kier alpha value is -1.15. The van der Waals surface area contributed by atoms with Gasteiger partial charge in [-0.25, -0.2) is 0 Å². The molecule has 17 heavy (non-hydrogen) atoms. The van der Waals surface area contributed by atoms with Crippen molar-refractivity contribution >= 4 is 5.78 Å². The van der Waals surface area contributed by atoms with Gasteiger partial charge in [0, 0.05) is 12.0 Å². The summed E-state index contributed by atoms with van der Waals surface area (Å²) in [6, 6.07) is 7.98. The van der Waals surface area contributed by atoms with E-state index in [1.807, 2.05) is 18.2 Å². The van der Waals surface area contributed by atoms with Crippen molar-refractivity contribution in [3.8, 4) is 0 Å². The quantitative estimate of drug-likeness (QED) is 0.792. The van der Waals surface area contributed by atoms with Crippen LogP contribution in [0.4, 0.5) is 0 Å². The van der Waals surface area contributed by atoms with Gasteiger partial charge < -0.3 is 5.73 Å². The fourth-order valence-corrected chi connectivity index (χ4v) is 2.54.